The minimum absolute atomic E-state index is 0.328. The number of halogens is 1. The number of aromatic nitrogens is 1. The van der Waals surface area contributed by atoms with Gasteiger partial charge < -0.3 is 11.1 Å². The van der Waals surface area contributed by atoms with Crippen molar-refractivity contribution in [1.29, 1.82) is 0 Å². The minimum Gasteiger partial charge on any atom is -0.329 e. The average Bonchev–Trinajstić information content (AvgIpc) is 2.16. The van der Waals surface area contributed by atoms with E-state index in [0.29, 0.717) is 12.6 Å². The molecule has 3 nitrogen and oxygen atoms in total. The van der Waals surface area contributed by atoms with Gasteiger partial charge in [0.25, 0.3) is 0 Å². The van der Waals surface area contributed by atoms with Crippen molar-refractivity contribution in [2.75, 3.05) is 6.54 Å². The zero-order chi connectivity index (χ0) is 9.68. The zero-order valence-electron chi connectivity index (χ0n) is 7.63. The maximum Gasteiger partial charge on any atom is 0.0683 e. The lowest BCUT2D eigenvalue weighted by atomic mass is 10.3. The first-order valence-electron chi connectivity index (χ1n) is 4.27. The van der Waals surface area contributed by atoms with E-state index < -0.39 is 0 Å². The second-order valence-electron chi connectivity index (χ2n) is 2.95. The Hall–Kier alpha value is -0.450. The van der Waals surface area contributed by atoms with E-state index in [1.54, 1.807) is 6.20 Å². The normalized spacial score (nSPS) is 12.8. The summed E-state index contributed by atoms with van der Waals surface area (Å²) in [6.07, 6.45) is 1.79. The minimum atomic E-state index is 0.328. The molecule has 1 heterocycles. The fraction of sp³-hybridized carbons (Fsp3) is 0.444. The predicted octanol–water partition coefficient (Wildman–Crippen LogP) is 1.28. The second-order valence-corrected chi connectivity index (χ2v) is 3.80. The summed E-state index contributed by atoms with van der Waals surface area (Å²) < 4.78 is 1.03. The van der Waals surface area contributed by atoms with Gasteiger partial charge in [0, 0.05) is 29.8 Å². The Kier molecular flexibility index (Phi) is 4.35. The summed E-state index contributed by atoms with van der Waals surface area (Å²) in [5.74, 6) is 0. The van der Waals surface area contributed by atoms with Crippen LogP contribution in [-0.2, 0) is 6.54 Å². The number of hydrogen-bond acceptors (Lipinski definition) is 3. The summed E-state index contributed by atoms with van der Waals surface area (Å²) in [6.45, 7) is 3.45. The topological polar surface area (TPSA) is 50.9 Å². The molecule has 72 valence electrons. The number of nitrogens with two attached hydrogens (primary N) is 1. The van der Waals surface area contributed by atoms with Crippen LogP contribution in [0.25, 0.3) is 0 Å². The van der Waals surface area contributed by atoms with Gasteiger partial charge in [0.2, 0.25) is 0 Å². The summed E-state index contributed by atoms with van der Waals surface area (Å²) in [5, 5.41) is 3.27. The molecule has 3 N–H and O–H groups in total. The van der Waals surface area contributed by atoms with Crippen LogP contribution in [0.15, 0.2) is 22.8 Å². The Morgan fingerprint density at radius 1 is 1.69 bits per heavy atom. The lowest BCUT2D eigenvalue weighted by Crippen LogP contribution is -2.32. The van der Waals surface area contributed by atoms with Crippen LogP contribution in [0.2, 0.25) is 0 Å². The van der Waals surface area contributed by atoms with Crippen molar-refractivity contribution in [1.82, 2.24) is 10.3 Å². The molecule has 13 heavy (non-hydrogen) atoms. The van der Waals surface area contributed by atoms with Crippen molar-refractivity contribution >= 4 is 15.9 Å². The molecule has 0 bridgehead atoms. The molecular weight excluding hydrogens is 230 g/mol. The molecule has 0 aliphatic carbocycles. The molecule has 4 heteroatoms. The molecule has 0 aromatic carbocycles. The van der Waals surface area contributed by atoms with Crippen molar-refractivity contribution in [3.05, 3.63) is 28.5 Å². The van der Waals surface area contributed by atoms with Gasteiger partial charge in [-0.1, -0.05) is 0 Å². The molecule has 1 atom stereocenters. The average molecular weight is 244 g/mol. The zero-order valence-corrected chi connectivity index (χ0v) is 9.21. The van der Waals surface area contributed by atoms with E-state index in [-0.39, 0.29) is 0 Å². The van der Waals surface area contributed by atoms with E-state index >= 15 is 0 Å². The Morgan fingerprint density at radius 2 is 2.46 bits per heavy atom. The van der Waals surface area contributed by atoms with Crippen LogP contribution < -0.4 is 11.1 Å². The van der Waals surface area contributed by atoms with E-state index in [0.717, 1.165) is 16.7 Å². The first-order valence-corrected chi connectivity index (χ1v) is 5.06. The van der Waals surface area contributed by atoms with Crippen LogP contribution in [-0.4, -0.2) is 17.6 Å². The third-order valence-electron chi connectivity index (χ3n) is 1.81. The summed E-state index contributed by atoms with van der Waals surface area (Å²) in [4.78, 5) is 4.23. The lowest BCUT2D eigenvalue weighted by Gasteiger charge is -2.10. The highest BCUT2D eigenvalue weighted by Gasteiger charge is 2.01. The monoisotopic (exact) mass is 243 g/mol. The van der Waals surface area contributed by atoms with Gasteiger partial charge in [0.05, 0.1) is 5.69 Å². The van der Waals surface area contributed by atoms with Gasteiger partial charge in [-0.15, -0.1) is 0 Å². The number of rotatable bonds is 4. The molecule has 0 unspecified atom stereocenters. The standard InChI is InChI=1S/C9H14BrN3/c1-7(5-11)13-6-9-8(10)3-2-4-12-9/h2-4,7,13H,5-6,11H2,1H3/t7-/m1/s1. The molecule has 0 aliphatic heterocycles. The summed E-state index contributed by atoms with van der Waals surface area (Å²) in [5.41, 5.74) is 6.50. The highest BCUT2D eigenvalue weighted by molar-refractivity contribution is 9.10. The van der Waals surface area contributed by atoms with Crippen LogP contribution in [0.1, 0.15) is 12.6 Å². The van der Waals surface area contributed by atoms with Crippen molar-refractivity contribution in [3.63, 3.8) is 0 Å². The van der Waals surface area contributed by atoms with Gasteiger partial charge in [0.15, 0.2) is 0 Å². The third kappa shape index (κ3) is 3.42. The second kappa shape index (κ2) is 5.32. The SMILES string of the molecule is C[C@H](CN)NCc1ncccc1Br. The molecule has 0 aliphatic rings. The van der Waals surface area contributed by atoms with Crippen LogP contribution >= 0.6 is 15.9 Å². The first kappa shape index (κ1) is 10.6. The molecule has 1 rings (SSSR count). The summed E-state index contributed by atoms with van der Waals surface area (Å²) in [7, 11) is 0. The molecule has 0 spiro atoms. The number of nitrogens with zero attached hydrogens (tertiary/aromatic N) is 1. The van der Waals surface area contributed by atoms with Crippen LogP contribution in [0.3, 0.4) is 0 Å². The molecular formula is C9H14BrN3. The molecule has 1 aromatic heterocycles. The van der Waals surface area contributed by atoms with E-state index in [4.69, 9.17) is 5.73 Å². The Morgan fingerprint density at radius 3 is 3.08 bits per heavy atom. The first-order chi connectivity index (χ1) is 6.24. The van der Waals surface area contributed by atoms with Gasteiger partial charge in [-0.25, -0.2) is 0 Å². The molecule has 0 fully saturated rings. The summed E-state index contributed by atoms with van der Waals surface area (Å²) in [6, 6.07) is 4.21. The largest absolute Gasteiger partial charge is 0.329 e. The van der Waals surface area contributed by atoms with Gasteiger partial charge in [-0.2, -0.15) is 0 Å². The maximum absolute atomic E-state index is 5.48. The Bertz CT molecular complexity index is 265. The van der Waals surface area contributed by atoms with Gasteiger partial charge in [-0.3, -0.25) is 4.98 Å². The molecule has 0 saturated heterocycles. The Labute approximate surface area is 86.9 Å². The molecule has 0 saturated carbocycles. The maximum atomic E-state index is 5.48. The van der Waals surface area contributed by atoms with Crippen molar-refractivity contribution in [2.24, 2.45) is 5.73 Å². The van der Waals surface area contributed by atoms with Gasteiger partial charge >= 0.3 is 0 Å². The van der Waals surface area contributed by atoms with E-state index in [1.807, 2.05) is 12.1 Å². The van der Waals surface area contributed by atoms with Crippen LogP contribution in [0, 0.1) is 0 Å². The van der Waals surface area contributed by atoms with E-state index in [1.165, 1.54) is 0 Å². The molecule has 0 amide bonds. The Balaban J connectivity index is 2.50. The van der Waals surface area contributed by atoms with Crippen LogP contribution in [0.4, 0.5) is 0 Å². The highest BCUT2D eigenvalue weighted by atomic mass is 79.9. The van der Waals surface area contributed by atoms with Crippen molar-refractivity contribution in [2.45, 2.75) is 19.5 Å². The number of nitrogens with one attached hydrogen (secondary N) is 1. The summed E-state index contributed by atoms with van der Waals surface area (Å²) >= 11 is 3.43. The van der Waals surface area contributed by atoms with E-state index in [2.05, 4.69) is 33.2 Å². The molecule has 0 radical (unpaired) electrons. The lowest BCUT2D eigenvalue weighted by molar-refractivity contribution is 0.549. The highest BCUT2D eigenvalue weighted by Crippen LogP contribution is 2.12. The third-order valence-corrected chi connectivity index (χ3v) is 2.53. The fourth-order valence-electron chi connectivity index (χ4n) is 0.903. The van der Waals surface area contributed by atoms with Gasteiger partial charge in [0.1, 0.15) is 0 Å². The van der Waals surface area contributed by atoms with E-state index in [9.17, 15) is 0 Å². The number of pyridine rings is 1. The van der Waals surface area contributed by atoms with Crippen LogP contribution in [0.5, 0.6) is 0 Å². The molecule has 1 aromatic rings. The van der Waals surface area contributed by atoms with Crippen molar-refractivity contribution < 1.29 is 0 Å². The fourth-order valence-corrected chi connectivity index (χ4v) is 1.30. The predicted molar refractivity (Wildman–Crippen MR) is 57.3 cm³/mol. The van der Waals surface area contributed by atoms with Crippen molar-refractivity contribution in [3.8, 4) is 0 Å². The number of hydrogen-bond donors (Lipinski definition) is 2. The van der Waals surface area contributed by atoms with Gasteiger partial charge in [-0.05, 0) is 35.0 Å². The quantitative estimate of drug-likeness (QED) is 0.838. The smallest absolute Gasteiger partial charge is 0.0683 e.